The minimum absolute atomic E-state index is 0.0496. The topological polar surface area (TPSA) is 29.1 Å². The maximum absolute atomic E-state index is 13.1. The third-order valence-electron chi connectivity index (χ3n) is 2.83. The Bertz CT molecular complexity index is 628. The van der Waals surface area contributed by atoms with Crippen LogP contribution in [0.2, 0.25) is 10.0 Å². The maximum Gasteiger partial charge on any atom is 0.237 e. The van der Waals surface area contributed by atoms with Crippen molar-refractivity contribution in [3.63, 3.8) is 0 Å². The molecule has 0 aliphatic rings. The number of carbonyl (C=O) groups excluding carboxylic acids is 1. The molecule has 0 bridgehead atoms. The van der Waals surface area contributed by atoms with E-state index < -0.39 is 11.1 Å². The summed E-state index contributed by atoms with van der Waals surface area (Å²) in [5.74, 6) is -0.910. The molecule has 1 unspecified atom stereocenters. The number of amides is 1. The van der Waals surface area contributed by atoms with Crippen LogP contribution in [0.5, 0.6) is 0 Å². The van der Waals surface area contributed by atoms with Gasteiger partial charge in [-0.25, -0.2) is 4.39 Å². The first-order valence-corrected chi connectivity index (χ1v) is 7.42. The summed E-state index contributed by atoms with van der Waals surface area (Å²) in [4.78, 5) is 12.1. The number of hydrogen-bond donors (Lipinski definition) is 2. The summed E-state index contributed by atoms with van der Waals surface area (Å²) in [5.41, 5.74) is 1.18. The van der Waals surface area contributed by atoms with E-state index in [1.807, 2.05) is 30.3 Å². The molecule has 2 rings (SSSR count). The van der Waals surface area contributed by atoms with Crippen LogP contribution in [0, 0.1) is 5.82 Å². The van der Waals surface area contributed by atoms with Crippen LogP contribution in [0.1, 0.15) is 5.56 Å². The van der Waals surface area contributed by atoms with E-state index in [2.05, 4.69) is 17.9 Å². The summed E-state index contributed by atoms with van der Waals surface area (Å²) < 4.78 is 13.1. The number of carbonyl (C=O) groups is 1. The first-order chi connectivity index (χ1) is 9.97. The molecule has 0 saturated carbocycles. The number of rotatable bonds is 4. The highest BCUT2D eigenvalue weighted by Crippen LogP contribution is 2.31. The Morgan fingerprint density at radius 3 is 2.33 bits per heavy atom. The quantitative estimate of drug-likeness (QED) is 0.779. The second-order valence-corrected chi connectivity index (χ2v) is 5.88. The highest BCUT2D eigenvalue weighted by molar-refractivity contribution is 7.81. The molecule has 0 aliphatic heterocycles. The van der Waals surface area contributed by atoms with Crippen LogP contribution in [-0.2, 0) is 11.2 Å². The fourth-order valence-corrected chi connectivity index (χ4v) is 2.63. The van der Waals surface area contributed by atoms with Gasteiger partial charge in [0.25, 0.3) is 0 Å². The molecule has 2 nitrogen and oxygen atoms in total. The monoisotopic (exact) mass is 343 g/mol. The Balaban J connectivity index is 2.08. The van der Waals surface area contributed by atoms with E-state index in [0.29, 0.717) is 6.42 Å². The molecular weight excluding hydrogens is 332 g/mol. The molecule has 6 heteroatoms. The number of hydrogen-bond acceptors (Lipinski definition) is 2. The van der Waals surface area contributed by atoms with Crippen molar-refractivity contribution in [1.82, 2.24) is 0 Å². The molecule has 1 amide bonds. The van der Waals surface area contributed by atoms with Crippen molar-refractivity contribution < 1.29 is 9.18 Å². The van der Waals surface area contributed by atoms with Crippen LogP contribution < -0.4 is 5.32 Å². The summed E-state index contributed by atoms with van der Waals surface area (Å²) >= 11 is 16.0. The zero-order valence-electron chi connectivity index (χ0n) is 10.8. The summed E-state index contributed by atoms with van der Waals surface area (Å²) in [7, 11) is 0. The molecule has 0 radical (unpaired) electrons. The Morgan fingerprint density at radius 1 is 1.19 bits per heavy atom. The van der Waals surface area contributed by atoms with Crippen molar-refractivity contribution in [2.24, 2.45) is 0 Å². The second-order valence-electron chi connectivity index (χ2n) is 4.44. The third kappa shape index (κ3) is 4.37. The fraction of sp³-hybridized carbons (Fsp3) is 0.133. The Hall–Kier alpha value is -1.23. The van der Waals surface area contributed by atoms with Crippen molar-refractivity contribution in [1.29, 1.82) is 0 Å². The van der Waals surface area contributed by atoms with Crippen LogP contribution in [0.3, 0.4) is 0 Å². The van der Waals surface area contributed by atoms with Gasteiger partial charge in [0, 0.05) is 0 Å². The highest BCUT2D eigenvalue weighted by atomic mass is 35.5. The van der Waals surface area contributed by atoms with E-state index in [4.69, 9.17) is 23.2 Å². The lowest BCUT2D eigenvalue weighted by Gasteiger charge is -2.14. The third-order valence-corrected chi connectivity index (χ3v) is 3.84. The molecule has 0 spiro atoms. The summed E-state index contributed by atoms with van der Waals surface area (Å²) in [6.45, 7) is 0. The van der Waals surface area contributed by atoms with Crippen LogP contribution in [0.15, 0.2) is 42.5 Å². The molecule has 1 atom stereocenters. The molecule has 2 aromatic rings. The molecule has 0 aliphatic carbocycles. The van der Waals surface area contributed by atoms with Crippen molar-refractivity contribution in [3.05, 3.63) is 63.9 Å². The molecule has 0 heterocycles. The molecule has 0 fully saturated rings. The normalized spacial score (nSPS) is 12.0. The average molecular weight is 344 g/mol. The van der Waals surface area contributed by atoms with Gasteiger partial charge in [0.1, 0.15) is 5.82 Å². The van der Waals surface area contributed by atoms with E-state index in [1.54, 1.807) is 0 Å². The van der Waals surface area contributed by atoms with Gasteiger partial charge in [-0.3, -0.25) is 4.79 Å². The number of thiol groups is 1. The number of halogens is 3. The molecule has 110 valence electrons. The minimum Gasteiger partial charge on any atom is -0.323 e. The SMILES string of the molecule is O=C(Nc1c(Cl)cc(F)cc1Cl)C(S)Cc1ccccc1. The van der Waals surface area contributed by atoms with E-state index in [9.17, 15) is 9.18 Å². The van der Waals surface area contributed by atoms with E-state index in [1.165, 1.54) is 0 Å². The van der Waals surface area contributed by atoms with Gasteiger partial charge in [0.05, 0.1) is 21.0 Å². The van der Waals surface area contributed by atoms with E-state index in [0.717, 1.165) is 17.7 Å². The summed E-state index contributed by atoms with van der Waals surface area (Å²) in [5, 5.41) is 2.11. The van der Waals surface area contributed by atoms with Crippen LogP contribution in [0.4, 0.5) is 10.1 Å². The lowest BCUT2D eigenvalue weighted by Crippen LogP contribution is -2.25. The smallest absolute Gasteiger partial charge is 0.237 e. The van der Waals surface area contributed by atoms with Gasteiger partial charge in [0.2, 0.25) is 5.91 Å². The van der Waals surface area contributed by atoms with Crippen molar-refractivity contribution in [2.75, 3.05) is 5.32 Å². The number of anilines is 1. The zero-order valence-corrected chi connectivity index (χ0v) is 13.2. The van der Waals surface area contributed by atoms with E-state index in [-0.39, 0.29) is 21.6 Å². The Kier molecular flexibility index (Phi) is 5.51. The summed E-state index contributed by atoms with van der Waals surface area (Å²) in [6.07, 6.45) is 0.465. The summed E-state index contributed by atoms with van der Waals surface area (Å²) in [6, 6.07) is 11.7. The highest BCUT2D eigenvalue weighted by Gasteiger charge is 2.18. The molecule has 0 saturated heterocycles. The van der Waals surface area contributed by atoms with Crippen molar-refractivity contribution in [3.8, 4) is 0 Å². The first kappa shape index (κ1) is 16.1. The molecule has 1 N–H and O–H groups in total. The Labute approximate surface area is 137 Å². The van der Waals surface area contributed by atoms with Gasteiger partial charge in [0.15, 0.2) is 0 Å². The van der Waals surface area contributed by atoms with Crippen LogP contribution >= 0.6 is 35.8 Å². The van der Waals surface area contributed by atoms with Crippen LogP contribution in [-0.4, -0.2) is 11.2 Å². The van der Waals surface area contributed by atoms with E-state index >= 15 is 0 Å². The van der Waals surface area contributed by atoms with Gasteiger partial charge < -0.3 is 5.32 Å². The zero-order chi connectivity index (χ0) is 15.4. The molecular formula is C15H12Cl2FNOS. The largest absolute Gasteiger partial charge is 0.323 e. The minimum atomic E-state index is -0.565. The number of benzene rings is 2. The lowest BCUT2D eigenvalue weighted by molar-refractivity contribution is -0.115. The van der Waals surface area contributed by atoms with Gasteiger partial charge in [-0.15, -0.1) is 0 Å². The fourth-order valence-electron chi connectivity index (χ4n) is 1.80. The van der Waals surface area contributed by atoms with Gasteiger partial charge >= 0.3 is 0 Å². The van der Waals surface area contributed by atoms with Gasteiger partial charge in [-0.05, 0) is 24.1 Å². The van der Waals surface area contributed by atoms with Crippen molar-refractivity contribution in [2.45, 2.75) is 11.7 Å². The predicted molar refractivity (Wildman–Crippen MR) is 88.0 cm³/mol. The average Bonchev–Trinajstić information content (AvgIpc) is 2.43. The lowest BCUT2D eigenvalue weighted by atomic mass is 10.1. The number of nitrogens with one attached hydrogen (secondary N) is 1. The molecule has 0 aromatic heterocycles. The first-order valence-electron chi connectivity index (χ1n) is 6.15. The molecule has 21 heavy (non-hydrogen) atoms. The standard InChI is InChI=1S/C15H12Cl2FNOS/c16-11-7-10(18)8-12(17)14(11)19-15(20)13(21)6-9-4-2-1-3-5-9/h1-5,7-8,13,21H,6H2,(H,19,20). The molecule has 2 aromatic carbocycles. The van der Waals surface area contributed by atoms with Gasteiger partial charge in [-0.2, -0.15) is 12.6 Å². The Morgan fingerprint density at radius 2 is 1.76 bits per heavy atom. The predicted octanol–water partition coefficient (Wildman–Crippen LogP) is 4.61. The maximum atomic E-state index is 13.1. The van der Waals surface area contributed by atoms with Gasteiger partial charge in [-0.1, -0.05) is 53.5 Å². The second kappa shape index (κ2) is 7.16. The van der Waals surface area contributed by atoms with Crippen molar-refractivity contribution >= 4 is 47.4 Å². The van der Waals surface area contributed by atoms with Crippen LogP contribution in [0.25, 0.3) is 0 Å².